The van der Waals surface area contributed by atoms with Crippen molar-refractivity contribution in [3.63, 3.8) is 0 Å². The van der Waals surface area contributed by atoms with E-state index in [0.717, 1.165) is 35.9 Å². The third-order valence-corrected chi connectivity index (χ3v) is 4.88. The summed E-state index contributed by atoms with van der Waals surface area (Å²) in [5, 5.41) is 1.66. The van der Waals surface area contributed by atoms with E-state index < -0.39 is 0 Å². The van der Waals surface area contributed by atoms with Crippen molar-refractivity contribution >= 4 is 28.6 Å². The van der Waals surface area contributed by atoms with Crippen molar-refractivity contribution in [3.05, 3.63) is 54.0 Å². The van der Waals surface area contributed by atoms with Gasteiger partial charge in [-0.1, -0.05) is 43.3 Å². The molecule has 2 heterocycles. The van der Waals surface area contributed by atoms with Crippen LogP contribution in [0.5, 0.6) is 0 Å². The number of hydrogen-bond donors (Lipinski definition) is 0. The van der Waals surface area contributed by atoms with E-state index in [1.807, 2.05) is 31.3 Å². The summed E-state index contributed by atoms with van der Waals surface area (Å²) in [7, 11) is 1.82. The number of thioether (sulfide) groups is 1. The predicted octanol–water partition coefficient (Wildman–Crippen LogP) is 4.39. The van der Waals surface area contributed by atoms with Crippen molar-refractivity contribution in [1.29, 1.82) is 0 Å². The maximum Gasteiger partial charge on any atom is 0.289 e. The summed E-state index contributed by atoms with van der Waals surface area (Å²) in [4.78, 5) is 23.0. The van der Waals surface area contributed by atoms with Crippen LogP contribution < -0.4 is 0 Å². The smallest absolute Gasteiger partial charge is 0.289 e. The van der Waals surface area contributed by atoms with Crippen LogP contribution in [0.15, 0.2) is 52.3 Å². The first kappa shape index (κ1) is 17.5. The molecule has 3 rings (SSSR count). The number of carbonyl (C=O) groups is 1. The number of fused-ring (bicyclic) bond motifs is 1. The zero-order valence-electron chi connectivity index (χ0n) is 14.4. The van der Waals surface area contributed by atoms with Crippen molar-refractivity contribution in [2.24, 2.45) is 0 Å². The van der Waals surface area contributed by atoms with Gasteiger partial charge in [-0.2, -0.15) is 0 Å². The summed E-state index contributed by atoms with van der Waals surface area (Å²) in [6.07, 6.45) is 5.46. The van der Waals surface area contributed by atoms with Gasteiger partial charge in [0.15, 0.2) is 10.9 Å². The Kier molecular flexibility index (Phi) is 5.71. The molecule has 6 heteroatoms. The molecule has 1 aromatic carbocycles. The molecular formula is C19H21N3O2S. The highest BCUT2D eigenvalue weighted by Crippen LogP contribution is 2.31. The second kappa shape index (κ2) is 8.16. The summed E-state index contributed by atoms with van der Waals surface area (Å²) in [5.74, 6) is 0.932. The van der Waals surface area contributed by atoms with Crippen LogP contribution in [0.4, 0.5) is 0 Å². The minimum absolute atomic E-state index is 0.0748. The van der Waals surface area contributed by atoms with E-state index in [-0.39, 0.29) is 5.91 Å². The number of aromatic nitrogens is 2. The van der Waals surface area contributed by atoms with Gasteiger partial charge < -0.3 is 9.32 Å². The topological polar surface area (TPSA) is 59.2 Å². The molecule has 0 fully saturated rings. The van der Waals surface area contributed by atoms with Gasteiger partial charge in [0.1, 0.15) is 5.58 Å². The van der Waals surface area contributed by atoms with Crippen molar-refractivity contribution in [2.75, 3.05) is 13.6 Å². The number of benzene rings is 1. The lowest BCUT2D eigenvalue weighted by Crippen LogP contribution is -2.28. The maximum absolute atomic E-state index is 12.8. The Labute approximate surface area is 151 Å². The molecule has 0 unspecified atom stereocenters. The van der Waals surface area contributed by atoms with Gasteiger partial charge in [0, 0.05) is 42.7 Å². The van der Waals surface area contributed by atoms with Crippen LogP contribution in [0.25, 0.3) is 11.0 Å². The molecular weight excluding hydrogens is 334 g/mol. The zero-order valence-corrected chi connectivity index (χ0v) is 15.3. The number of amides is 1. The van der Waals surface area contributed by atoms with Crippen LogP contribution in [0.3, 0.4) is 0 Å². The van der Waals surface area contributed by atoms with Crippen LogP contribution in [0.2, 0.25) is 0 Å². The van der Waals surface area contributed by atoms with Crippen molar-refractivity contribution in [3.8, 4) is 0 Å². The third kappa shape index (κ3) is 4.02. The van der Waals surface area contributed by atoms with Gasteiger partial charge in [-0.15, -0.1) is 0 Å². The number of rotatable bonds is 7. The van der Waals surface area contributed by atoms with Gasteiger partial charge in [0.05, 0.1) is 0 Å². The second-order valence-corrected chi connectivity index (χ2v) is 6.75. The van der Waals surface area contributed by atoms with Gasteiger partial charge in [-0.3, -0.25) is 4.79 Å². The molecule has 3 aromatic rings. The summed E-state index contributed by atoms with van der Waals surface area (Å²) in [6, 6.07) is 9.54. The maximum atomic E-state index is 12.8. The lowest BCUT2D eigenvalue weighted by molar-refractivity contribution is 0.0763. The first-order chi connectivity index (χ1) is 12.2. The van der Waals surface area contributed by atoms with Crippen LogP contribution in [-0.4, -0.2) is 34.4 Å². The Hall–Kier alpha value is -2.34. The minimum atomic E-state index is -0.0748. The van der Waals surface area contributed by atoms with E-state index in [4.69, 9.17) is 4.42 Å². The molecule has 0 radical (unpaired) electrons. The summed E-state index contributed by atoms with van der Waals surface area (Å²) in [5.41, 5.74) is 1.64. The normalized spacial score (nSPS) is 11.0. The lowest BCUT2D eigenvalue weighted by Gasteiger charge is -2.15. The summed E-state index contributed by atoms with van der Waals surface area (Å²) >= 11 is 1.50. The quantitative estimate of drug-likeness (QED) is 0.465. The first-order valence-corrected chi connectivity index (χ1v) is 9.35. The lowest BCUT2D eigenvalue weighted by atomic mass is 10.1. The fraction of sp³-hybridized carbons (Fsp3) is 0.316. The SMILES string of the molecule is CCCCN(C)C(=O)c1oc2ccccc2c1CSc1ncccn1. The molecule has 0 aliphatic heterocycles. The van der Waals surface area contributed by atoms with Crippen molar-refractivity contribution in [2.45, 2.75) is 30.7 Å². The third-order valence-electron chi connectivity index (χ3n) is 3.97. The average molecular weight is 355 g/mol. The molecule has 0 aliphatic carbocycles. The van der Waals surface area contributed by atoms with Gasteiger partial charge >= 0.3 is 0 Å². The fourth-order valence-corrected chi connectivity index (χ4v) is 3.41. The Morgan fingerprint density at radius 2 is 1.96 bits per heavy atom. The van der Waals surface area contributed by atoms with Gasteiger partial charge in [0.25, 0.3) is 5.91 Å². The van der Waals surface area contributed by atoms with Gasteiger partial charge in [-0.05, 0) is 18.6 Å². The van der Waals surface area contributed by atoms with E-state index in [2.05, 4.69) is 16.9 Å². The molecule has 1 amide bonds. The molecule has 0 saturated carbocycles. The molecule has 5 nitrogen and oxygen atoms in total. The largest absolute Gasteiger partial charge is 0.451 e. The Bertz CT molecular complexity index is 848. The van der Waals surface area contributed by atoms with Crippen LogP contribution >= 0.6 is 11.8 Å². The van der Waals surface area contributed by atoms with Gasteiger partial charge in [0.2, 0.25) is 0 Å². The molecule has 0 bridgehead atoms. The van der Waals surface area contributed by atoms with Crippen LogP contribution in [0, 0.1) is 0 Å². The molecule has 0 aliphatic rings. The highest BCUT2D eigenvalue weighted by atomic mass is 32.2. The predicted molar refractivity (Wildman–Crippen MR) is 99.7 cm³/mol. The summed E-state index contributed by atoms with van der Waals surface area (Å²) < 4.78 is 5.91. The van der Waals surface area contributed by atoms with E-state index in [1.165, 1.54) is 11.8 Å². The first-order valence-electron chi connectivity index (χ1n) is 8.36. The minimum Gasteiger partial charge on any atom is -0.451 e. The molecule has 0 spiro atoms. The van der Waals surface area contributed by atoms with E-state index in [1.54, 1.807) is 23.4 Å². The summed E-state index contributed by atoms with van der Waals surface area (Å²) in [6.45, 7) is 2.84. The molecule has 25 heavy (non-hydrogen) atoms. The number of furan rings is 1. The second-order valence-electron chi connectivity index (χ2n) is 5.81. The van der Waals surface area contributed by atoms with Crippen molar-refractivity contribution < 1.29 is 9.21 Å². The standard InChI is InChI=1S/C19H21N3O2S/c1-3-4-12-22(2)18(23)17-15(13-25-19-20-10-7-11-21-19)14-8-5-6-9-16(14)24-17/h5-11H,3-4,12-13H2,1-2H3. The number of para-hydroxylation sites is 1. The van der Waals surface area contributed by atoms with E-state index in [9.17, 15) is 4.79 Å². The monoisotopic (exact) mass is 355 g/mol. The van der Waals surface area contributed by atoms with Crippen molar-refractivity contribution in [1.82, 2.24) is 14.9 Å². The average Bonchev–Trinajstić information content (AvgIpc) is 3.03. The zero-order chi connectivity index (χ0) is 17.6. The van der Waals surface area contributed by atoms with Crippen LogP contribution in [0.1, 0.15) is 35.9 Å². The Balaban J connectivity index is 1.90. The number of carbonyl (C=O) groups excluding carboxylic acids is 1. The van der Waals surface area contributed by atoms with Crippen LogP contribution in [-0.2, 0) is 5.75 Å². The number of nitrogens with zero attached hydrogens (tertiary/aromatic N) is 3. The number of hydrogen-bond acceptors (Lipinski definition) is 5. The van der Waals surface area contributed by atoms with E-state index in [0.29, 0.717) is 16.7 Å². The molecule has 0 saturated heterocycles. The molecule has 0 N–H and O–H groups in total. The molecule has 130 valence electrons. The Morgan fingerprint density at radius 1 is 1.20 bits per heavy atom. The number of unbranched alkanes of at least 4 members (excludes halogenated alkanes) is 1. The highest BCUT2D eigenvalue weighted by Gasteiger charge is 2.23. The molecule has 0 atom stereocenters. The van der Waals surface area contributed by atoms with E-state index >= 15 is 0 Å². The molecule has 2 aromatic heterocycles. The highest BCUT2D eigenvalue weighted by molar-refractivity contribution is 7.98. The Morgan fingerprint density at radius 3 is 2.72 bits per heavy atom. The van der Waals surface area contributed by atoms with Gasteiger partial charge in [-0.25, -0.2) is 9.97 Å². The fourth-order valence-electron chi connectivity index (χ4n) is 2.58.